The number of imidazole rings is 1. The molecule has 0 saturated carbocycles. The van der Waals surface area contributed by atoms with Gasteiger partial charge in [0.05, 0.1) is 16.8 Å². The molecule has 0 aliphatic rings. The van der Waals surface area contributed by atoms with Gasteiger partial charge in [-0.25, -0.2) is 14.8 Å². The van der Waals surface area contributed by atoms with Gasteiger partial charge in [0.25, 0.3) is 0 Å². The number of halogens is 3. The second-order valence-electron chi connectivity index (χ2n) is 5.31. The lowest BCUT2D eigenvalue weighted by molar-refractivity contribution is -0.140. The molecule has 3 rings (SSSR count). The van der Waals surface area contributed by atoms with Crippen molar-refractivity contribution in [2.45, 2.75) is 12.7 Å². The number of carboxylic acid groups (broad SMARTS) is 1. The number of aromatic nitrogens is 3. The van der Waals surface area contributed by atoms with Crippen molar-refractivity contribution in [3.8, 4) is 0 Å². The standard InChI is InChI=1S/C17H12F3N3O2/c18-17(19,20)10-23-8-7-21-15(23)6-4-13-3-1-11-9-12(16(24)25)2-5-14(11)22-13/h1-9H,10H2,(H,24,25). The molecule has 0 unspecified atom stereocenters. The third-order valence-electron chi connectivity index (χ3n) is 3.46. The molecular formula is C17H12F3N3O2. The largest absolute Gasteiger partial charge is 0.478 e. The van der Waals surface area contributed by atoms with Gasteiger partial charge in [-0.3, -0.25) is 0 Å². The molecule has 25 heavy (non-hydrogen) atoms. The van der Waals surface area contributed by atoms with Crippen LogP contribution >= 0.6 is 0 Å². The fourth-order valence-electron chi connectivity index (χ4n) is 2.33. The number of carbonyl (C=O) groups is 1. The Bertz CT molecular complexity index is 961. The predicted octanol–water partition coefficient (Wildman–Crippen LogP) is 3.86. The molecular weight excluding hydrogens is 335 g/mol. The van der Waals surface area contributed by atoms with Crippen LogP contribution in [0.5, 0.6) is 0 Å². The summed E-state index contributed by atoms with van der Waals surface area (Å²) in [5, 5.41) is 9.64. The quantitative estimate of drug-likeness (QED) is 0.778. The first-order chi connectivity index (χ1) is 11.8. The number of benzene rings is 1. The molecule has 0 amide bonds. The van der Waals surface area contributed by atoms with Gasteiger partial charge in [-0.2, -0.15) is 13.2 Å². The van der Waals surface area contributed by atoms with Crippen LogP contribution in [0.3, 0.4) is 0 Å². The molecule has 0 bridgehead atoms. The predicted molar refractivity (Wildman–Crippen MR) is 85.9 cm³/mol. The van der Waals surface area contributed by atoms with Crippen LogP contribution in [0, 0.1) is 0 Å². The highest BCUT2D eigenvalue weighted by Crippen LogP contribution is 2.19. The Morgan fingerprint density at radius 3 is 2.72 bits per heavy atom. The first-order valence-electron chi connectivity index (χ1n) is 7.22. The number of aromatic carboxylic acids is 1. The van der Waals surface area contributed by atoms with Crippen molar-refractivity contribution in [1.29, 1.82) is 0 Å². The van der Waals surface area contributed by atoms with E-state index in [2.05, 4.69) is 9.97 Å². The van der Waals surface area contributed by atoms with E-state index in [0.717, 1.165) is 4.57 Å². The minimum Gasteiger partial charge on any atom is -0.478 e. The van der Waals surface area contributed by atoms with E-state index in [1.807, 2.05) is 0 Å². The summed E-state index contributed by atoms with van der Waals surface area (Å²) in [6.07, 6.45) is 1.23. The number of nitrogens with zero attached hydrogens (tertiary/aromatic N) is 3. The van der Waals surface area contributed by atoms with Gasteiger partial charge in [0.1, 0.15) is 12.4 Å². The molecule has 1 aromatic carbocycles. The summed E-state index contributed by atoms with van der Waals surface area (Å²) in [6, 6.07) is 7.90. The highest BCUT2D eigenvalue weighted by Gasteiger charge is 2.28. The zero-order valence-electron chi connectivity index (χ0n) is 12.7. The molecule has 3 aromatic rings. The molecule has 0 atom stereocenters. The maximum absolute atomic E-state index is 12.5. The van der Waals surface area contributed by atoms with Gasteiger partial charge in [0, 0.05) is 17.8 Å². The summed E-state index contributed by atoms with van der Waals surface area (Å²) < 4.78 is 38.5. The van der Waals surface area contributed by atoms with Crippen molar-refractivity contribution in [2.75, 3.05) is 0 Å². The van der Waals surface area contributed by atoms with Gasteiger partial charge in [-0.05, 0) is 36.4 Å². The average molecular weight is 347 g/mol. The Morgan fingerprint density at radius 2 is 2.00 bits per heavy atom. The molecule has 128 valence electrons. The van der Waals surface area contributed by atoms with E-state index in [-0.39, 0.29) is 11.4 Å². The average Bonchev–Trinajstić information content (AvgIpc) is 2.97. The van der Waals surface area contributed by atoms with Crippen LogP contribution in [-0.4, -0.2) is 31.8 Å². The van der Waals surface area contributed by atoms with E-state index in [0.29, 0.717) is 16.6 Å². The Hall–Kier alpha value is -3.16. The highest BCUT2D eigenvalue weighted by atomic mass is 19.4. The van der Waals surface area contributed by atoms with Gasteiger partial charge < -0.3 is 9.67 Å². The first-order valence-corrected chi connectivity index (χ1v) is 7.22. The molecule has 5 nitrogen and oxygen atoms in total. The van der Waals surface area contributed by atoms with E-state index < -0.39 is 18.7 Å². The topological polar surface area (TPSA) is 68.0 Å². The summed E-state index contributed by atoms with van der Waals surface area (Å²) in [6.45, 7) is -1.12. The molecule has 0 aliphatic heterocycles. The molecule has 8 heteroatoms. The molecule has 0 saturated heterocycles. The van der Waals surface area contributed by atoms with Crippen LogP contribution in [0.2, 0.25) is 0 Å². The number of carboxylic acids is 1. The minimum atomic E-state index is -4.33. The van der Waals surface area contributed by atoms with E-state index in [4.69, 9.17) is 5.11 Å². The maximum Gasteiger partial charge on any atom is 0.406 e. The van der Waals surface area contributed by atoms with E-state index >= 15 is 0 Å². The third kappa shape index (κ3) is 4.03. The summed E-state index contributed by atoms with van der Waals surface area (Å²) in [4.78, 5) is 19.2. The van der Waals surface area contributed by atoms with Crippen molar-refractivity contribution in [1.82, 2.24) is 14.5 Å². The summed E-state index contributed by atoms with van der Waals surface area (Å²) >= 11 is 0. The number of fused-ring (bicyclic) bond motifs is 1. The van der Waals surface area contributed by atoms with Gasteiger partial charge >= 0.3 is 12.1 Å². The number of hydrogen-bond acceptors (Lipinski definition) is 3. The van der Waals surface area contributed by atoms with Crippen molar-refractivity contribution in [2.24, 2.45) is 0 Å². The van der Waals surface area contributed by atoms with E-state index in [9.17, 15) is 18.0 Å². The Kier molecular flexibility index (Phi) is 4.26. The third-order valence-corrected chi connectivity index (χ3v) is 3.46. The maximum atomic E-state index is 12.5. The van der Waals surface area contributed by atoms with Crippen molar-refractivity contribution >= 4 is 29.0 Å². The monoisotopic (exact) mass is 347 g/mol. The second kappa shape index (κ2) is 6.39. The highest BCUT2D eigenvalue weighted by molar-refractivity contribution is 5.93. The molecule has 0 fully saturated rings. The number of rotatable bonds is 4. The molecule has 2 heterocycles. The van der Waals surface area contributed by atoms with Gasteiger partial charge in [0.15, 0.2) is 0 Å². The van der Waals surface area contributed by atoms with Crippen molar-refractivity contribution in [3.63, 3.8) is 0 Å². The smallest absolute Gasteiger partial charge is 0.406 e. The molecule has 0 spiro atoms. The van der Waals surface area contributed by atoms with E-state index in [1.54, 1.807) is 24.3 Å². The lowest BCUT2D eigenvalue weighted by atomic mass is 10.1. The van der Waals surface area contributed by atoms with Crippen LogP contribution in [0.4, 0.5) is 13.2 Å². The first kappa shape index (κ1) is 16.7. The van der Waals surface area contributed by atoms with Crippen LogP contribution < -0.4 is 0 Å². The van der Waals surface area contributed by atoms with Crippen LogP contribution in [0.1, 0.15) is 21.9 Å². The molecule has 1 N–H and O–H groups in total. The number of hydrogen-bond donors (Lipinski definition) is 1. The molecule has 2 aromatic heterocycles. The van der Waals surface area contributed by atoms with Gasteiger partial charge in [0.2, 0.25) is 0 Å². The van der Waals surface area contributed by atoms with Crippen LogP contribution in [0.25, 0.3) is 23.1 Å². The molecule has 0 aliphatic carbocycles. The summed E-state index contributed by atoms with van der Waals surface area (Å²) in [5.41, 5.74) is 1.27. The van der Waals surface area contributed by atoms with Crippen LogP contribution in [-0.2, 0) is 6.54 Å². The van der Waals surface area contributed by atoms with Gasteiger partial charge in [-0.15, -0.1) is 0 Å². The Labute approximate surface area is 140 Å². The Balaban J connectivity index is 1.86. The number of pyridine rings is 1. The zero-order valence-corrected chi connectivity index (χ0v) is 12.7. The summed E-state index contributed by atoms with van der Waals surface area (Å²) in [5.74, 6) is -0.858. The SMILES string of the molecule is O=C(O)c1ccc2nc(C=Cc3nccn3CC(F)(F)F)ccc2c1. The fraction of sp³-hybridized carbons (Fsp3) is 0.118. The lowest BCUT2D eigenvalue weighted by Gasteiger charge is -2.08. The fourth-order valence-corrected chi connectivity index (χ4v) is 2.33. The van der Waals surface area contributed by atoms with Crippen molar-refractivity contribution < 1.29 is 23.1 Å². The Morgan fingerprint density at radius 1 is 1.20 bits per heavy atom. The van der Waals surface area contributed by atoms with Crippen molar-refractivity contribution in [3.05, 3.63) is 59.8 Å². The van der Waals surface area contributed by atoms with Crippen LogP contribution in [0.15, 0.2) is 42.7 Å². The number of alkyl halides is 3. The lowest BCUT2D eigenvalue weighted by Crippen LogP contribution is -2.17. The minimum absolute atomic E-state index is 0.159. The van der Waals surface area contributed by atoms with Gasteiger partial charge in [-0.1, -0.05) is 6.07 Å². The van der Waals surface area contributed by atoms with E-state index in [1.165, 1.54) is 30.6 Å². The summed E-state index contributed by atoms with van der Waals surface area (Å²) in [7, 11) is 0. The zero-order chi connectivity index (χ0) is 18.0. The second-order valence-corrected chi connectivity index (χ2v) is 5.31. The molecule has 0 radical (unpaired) electrons. The normalized spacial score (nSPS) is 12.1.